The summed E-state index contributed by atoms with van der Waals surface area (Å²) in [5, 5.41) is 2.50. The van der Waals surface area contributed by atoms with Crippen LogP contribution in [0.15, 0.2) is 12.7 Å². The number of rotatable bonds is 9. The third-order valence-electron chi connectivity index (χ3n) is 2.20. The minimum absolute atomic E-state index is 0.0827. The smallest absolute Gasteiger partial charge is 0.407 e. The lowest BCUT2D eigenvalue weighted by atomic mass is 10.1. The minimum Gasteiger partial charge on any atom is -0.461 e. The molecule has 0 aliphatic carbocycles. The summed E-state index contributed by atoms with van der Waals surface area (Å²) in [4.78, 5) is 22.2. The van der Waals surface area contributed by atoms with Crippen molar-refractivity contribution in [3.63, 3.8) is 0 Å². The number of carbonyl (C=O) groups excluding carboxylic acids is 2. The standard InChI is InChI=1S/C13H23NO5/c1-5-11(15)18-10-8-14-12(16)19-13(3,4)7-9-17-6-2/h5H,1,6-10H2,2-4H3,(H,14,16). The SMILES string of the molecule is C=CC(=O)OCCNC(=O)OC(C)(C)CCOCC. The van der Waals surface area contributed by atoms with E-state index in [2.05, 4.69) is 11.9 Å². The van der Waals surface area contributed by atoms with Crippen molar-refractivity contribution in [3.05, 3.63) is 12.7 Å². The van der Waals surface area contributed by atoms with Crippen LogP contribution in [0.3, 0.4) is 0 Å². The van der Waals surface area contributed by atoms with Gasteiger partial charge in [0.05, 0.1) is 13.2 Å². The van der Waals surface area contributed by atoms with Gasteiger partial charge in [0, 0.05) is 19.1 Å². The minimum atomic E-state index is -0.600. The fraction of sp³-hybridized carbons (Fsp3) is 0.692. The number of nitrogens with one attached hydrogen (secondary N) is 1. The molecule has 0 saturated carbocycles. The molecule has 0 aromatic rings. The zero-order chi connectivity index (χ0) is 14.7. The average Bonchev–Trinajstić information content (AvgIpc) is 2.33. The molecule has 0 aromatic carbocycles. The summed E-state index contributed by atoms with van der Waals surface area (Å²) in [5.74, 6) is -0.521. The van der Waals surface area contributed by atoms with Gasteiger partial charge in [-0.25, -0.2) is 9.59 Å². The highest BCUT2D eigenvalue weighted by Crippen LogP contribution is 2.14. The normalized spacial score (nSPS) is 10.7. The van der Waals surface area contributed by atoms with Gasteiger partial charge in [-0.05, 0) is 20.8 Å². The topological polar surface area (TPSA) is 73.9 Å². The van der Waals surface area contributed by atoms with Crippen molar-refractivity contribution in [2.24, 2.45) is 0 Å². The lowest BCUT2D eigenvalue weighted by molar-refractivity contribution is -0.137. The molecular weight excluding hydrogens is 250 g/mol. The highest BCUT2D eigenvalue weighted by molar-refractivity contribution is 5.81. The van der Waals surface area contributed by atoms with Crippen molar-refractivity contribution in [1.29, 1.82) is 0 Å². The molecule has 1 N–H and O–H groups in total. The van der Waals surface area contributed by atoms with E-state index in [1.165, 1.54) is 0 Å². The summed E-state index contributed by atoms with van der Waals surface area (Å²) < 4.78 is 15.1. The summed E-state index contributed by atoms with van der Waals surface area (Å²) in [5.41, 5.74) is -0.600. The maximum Gasteiger partial charge on any atom is 0.407 e. The second-order valence-electron chi connectivity index (χ2n) is 4.39. The van der Waals surface area contributed by atoms with Crippen LogP contribution >= 0.6 is 0 Å². The Kier molecular flexibility index (Phi) is 8.61. The Morgan fingerprint density at radius 1 is 1.32 bits per heavy atom. The summed E-state index contributed by atoms with van der Waals surface area (Å²) in [7, 11) is 0. The predicted molar refractivity (Wildman–Crippen MR) is 70.8 cm³/mol. The Hall–Kier alpha value is -1.56. The first-order valence-corrected chi connectivity index (χ1v) is 6.25. The summed E-state index contributed by atoms with van der Waals surface area (Å²) in [6, 6.07) is 0. The molecule has 0 spiro atoms. The van der Waals surface area contributed by atoms with Gasteiger partial charge in [0.15, 0.2) is 0 Å². The molecule has 0 heterocycles. The number of hydrogen-bond acceptors (Lipinski definition) is 5. The molecule has 0 radical (unpaired) electrons. The maximum atomic E-state index is 11.5. The number of carbonyl (C=O) groups is 2. The zero-order valence-electron chi connectivity index (χ0n) is 11.9. The molecule has 0 unspecified atom stereocenters. The molecule has 0 atom stereocenters. The van der Waals surface area contributed by atoms with Gasteiger partial charge in [0.1, 0.15) is 12.2 Å². The maximum absolute atomic E-state index is 11.5. The average molecular weight is 273 g/mol. The van der Waals surface area contributed by atoms with Crippen LogP contribution in [0, 0.1) is 0 Å². The van der Waals surface area contributed by atoms with Gasteiger partial charge in [-0.15, -0.1) is 0 Å². The second kappa shape index (κ2) is 9.38. The van der Waals surface area contributed by atoms with Crippen LogP contribution in [-0.4, -0.2) is 44.0 Å². The van der Waals surface area contributed by atoms with Crippen LogP contribution in [0.25, 0.3) is 0 Å². The fourth-order valence-electron chi connectivity index (χ4n) is 1.16. The van der Waals surface area contributed by atoms with E-state index in [0.29, 0.717) is 19.6 Å². The van der Waals surface area contributed by atoms with Gasteiger partial charge in [-0.2, -0.15) is 0 Å². The quantitative estimate of drug-likeness (QED) is 0.393. The van der Waals surface area contributed by atoms with Crippen molar-refractivity contribution in [2.45, 2.75) is 32.8 Å². The van der Waals surface area contributed by atoms with E-state index in [4.69, 9.17) is 14.2 Å². The molecule has 0 fully saturated rings. The Bertz CT molecular complexity index is 301. The molecule has 0 aliphatic heterocycles. The van der Waals surface area contributed by atoms with Crippen LogP contribution in [0.2, 0.25) is 0 Å². The first-order chi connectivity index (χ1) is 8.91. The zero-order valence-corrected chi connectivity index (χ0v) is 11.9. The lowest BCUT2D eigenvalue weighted by Crippen LogP contribution is -2.37. The molecule has 19 heavy (non-hydrogen) atoms. The van der Waals surface area contributed by atoms with E-state index in [-0.39, 0.29) is 13.2 Å². The number of amides is 1. The van der Waals surface area contributed by atoms with Crippen LogP contribution in [-0.2, 0) is 19.0 Å². The molecule has 0 aromatic heterocycles. The fourth-order valence-corrected chi connectivity index (χ4v) is 1.16. The van der Waals surface area contributed by atoms with Crippen molar-refractivity contribution in [2.75, 3.05) is 26.4 Å². The van der Waals surface area contributed by atoms with Gasteiger partial charge < -0.3 is 19.5 Å². The summed E-state index contributed by atoms with van der Waals surface area (Å²) in [6.07, 6.45) is 1.13. The Morgan fingerprint density at radius 2 is 2.00 bits per heavy atom. The van der Waals surface area contributed by atoms with Crippen LogP contribution in [0.4, 0.5) is 4.79 Å². The van der Waals surface area contributed by atoms with Gasteiger partial charge >= 0.3 is 12.1 Å². The highest BCUT2D eigenvalue weighted by Gasteiger charge is 2.22. The number of ether oxygens (including phenoxy) is 3. The molecule has 0 bridgehead atoms. The van der Waals surface area contributed by atoms with Gasteiger partial charge in [0.2, 0.25) is 0 Å². The van der Waals surface area contributed by atoms with Crippen LogP contribution in [0.5, 0.6) is 0 Å². The molecule has 1 amide bonds. The van der Waals surface area contributed by atoms with E-state index >= 15 is 0 Å². The third kappa shape index (κ3) is 10.1. The molecule has 6 heteroatoms. The van der Waals surface area contributed by atoms with Crippen molar-refractivity contribution in [1.82, 2.24) is 5.32 Å². The first-order valence-electron chi connectivity index (χ1n) is 6.25. The number of hydrogen-bond donors (Lipinski definition) is 1. The van der Waals surface area contributed by atoms with E-state index in [0.717, 1.165) is 6.08 Å². The summed E-state index contributed by atoms with van der Waals surface area (Å²) in [6.45, 7) is 10.2. The number of esters is 1. The molecular formula is C13H23NO5. The van der Waals surface area contributed by atoms with E-state index in [1.54, 1.807) is 0 Å². The van der Waals surface area contributed by atoms with E-state index in [9.17, 15) is 9.59 Å². The van der Waals surface area contributed by atoms with Gasteiger partial charge in [0.25, 0.3) is 0 Å². The molecule has 0 aliphatic rings. The second-order valence-corrected chi connectivity index (χ2v) is 4.39. The van der Waals surface area contributed by atoms with Crippen LogP contribution in [0.1, 0.15) is 27.2 Å². The van der Waals surface area contributed by atoms with Crippen molar-refractivity contribution in [3.8, 4) is 0 Å². The highest BCUT2D eigenvalue weighted by atomic mass is 16.6. The monoisotopic (exact) mass is 273 g/mol. The van der Waals surface area contributed by atoms with Crippen LogP contribution < -0.4 is 5.32 Å². The molecule has 110 valence electrons. The third-order valence-corrected chi connectivity index (χ3v) is 2.20. The van der Waals surface area contributed by atoms with E-state index in [1.807, 2.05) is 20.8 Å². The van der Waals surface area contributed by atoms with Gasteiger partial charge in [-0.1, -0.05) is 6.58 Å². The lowest BCUT2D eigenvalue weighted by Gasteiger charge is -2.25. The van der Waals surface area contributed by atoms with Crippen molar-refractivity contribution < 1.29 is 23.8 Å². The molecule has 0 saturated heterocycles. The number of alkyl carbamates (subject to hydrolysis) is 1. The largest absolute Gasteiger partial charge is 0.461 e. The van der Waals surface area contributed by atoms with E-state index < -0.39 is 17.7 Å². The predicted octanol–water partition coefficient (Wildman–Crippen LogP) is 1.65. The summed E-state index contributed by atoms with van der Waals surface area (Å²) >= 11 is 0. The molecule has 0 rings (SSSR count). The van der Waals surface area contributed by atoms with Crippen molar-refractivity contribution >= 4 is 12.1 Å². The van der Waals surface area contributed by atoms with Gasteiger partial charge in [-0.3, -0.25) is 0 Å². The first kappa shape index (κ1) is 17.4. The Labute approximate surface area is 114 Å². The molecule has 6 nitrogen and oxygen atoms in total. The Morgan fingerprint density at radius 3 is 2.58 bits per heavy atom. The Balaban J connectivity index is 3.77.